The third-order valence-electron chi connectivity index (χ3n) is 4.45. The summed E-state index contributed by atoms with van der Waals surface area (Å²) in [5, 5.41) is 3.00. The molecule has 2 rings (SSSR count). The first-order chi connectivity index (χ1) is 10.3. The van der Waals surface area contributed by atoms with E-state index in [9.17, 15) is 9.59 Å². The average Bonchev–Trinajstić information content (AvgIpc) is 2.42. The zero-order valence-corrected chi connectivity index (χ0v) is 13.8. The molecule has 0 saturated carbocycles. The van der Waals surface area contributed by atoms with E-state index in [2.05, 4.69) is 17.4 Å². The number of rotatable bonds is 2. The van der Waals surface area contributed by atoms with Gasteiger partial charge in [0.2, 0.25) is 5.91 Å². The molecule has 1 aliphatic heterocycles. The zero-order valence-electron chi connectivity index (χ0n) is 13.8. The first-order valence-corrected chi connectivity index (χ1v) is 7.74. The van der Waals surface area contributed by atoms with Crippen LogP contribution in [0.5, 0.6) is 0 Å². The number of benzene rings is 1. The molecule has 1 aromatic rings. The van der Waals surface area contributed by atoms with Crippen molar-refractivity contribution in [2.24, 2.45) is 11.7 Å². The van der Waals surface area contributed by atoms with Crippen LogP contribution >= 0.6 is 0 Å². The Morgan fingerprint density at radius 3 is 2.32 bits per heavy atom. The van der Waals surface area contributed by atoms with Crippen molar-refractivity contribution in [1.29, 1.82) is 0 Å². The number of hydrogen-bond donors (Lipinski definition) is 2. The van der Waals surface area contributed by atoms with E-state index in [-0.39, 0.29) is 23.9 Å². The van der Waals surface area contributed by atoms with Crippen LogP contribution in [0.4, 0.5) is 10.5 Å². The van der Waals surface area contributed by atoms with Gasteiger partial charge in [-0.1, -0.05) is 17.7 Å². The molecule has 0 spiro atoms. The summed E-state index contributed by atoms with van der Waals surface area (Å²) >= 11 is 0. The second kappa shape index (κ2) is 6.38. The standard InChI is InChI=1S/C17H25N3O2/c1-10-7-11(2)15(12(3)8-10)19-17(22)20-9-14(16(18)21)6-5-13(20)4/h7-8,13-14H,5-6,9H2,1-4H3,(H2,18,21)(H,19,22)/t13-,14-/m0/s1. The summed E-state index contributed by atoms with van der Waals surface area (Å²) in [6, 6.07) is 4.05. The molecule has 1 fully saturated rings. The Balaban J connectivity index is 2.16. The third kappa shape index (κ3) is 3.40. The van der Waals surface area contributed by atoms with Crippen molar-refractivity contribution in [3.63, 3.8) is 0 Å². The Morgan fingerprint density at radius 1 is 1.18 bits per heavy atom. The average molecular weight is 303 g/mol. The highest BCUT2D eigenvalue weighted by Crippen LogP contribution is 2.25. The van der Waals surface area contributed by atoms with Crippen molar-refractivity contribution in [2.45, 2.75) is 46.6 Å². The van der Waals surface area contributed by atoms with E-state index in [1.165, 1.54) is 5.56 Å². The lowest BCUT2D eigenvalue weighted by Gasteiger charge is -2.37. The van der Waals surface area contributed by atoms with Gasteiger partial charge < -0.3 is 16.0 Å². The molecule has 1 aromatic carbocycles. The zero-order chi connectivity index (χ0) is 16.4. The van der Waals surface area contributed by atoms with E-state index < -0.39 is 0 Å². The van der Waals surface area contributed by atoms with Crippen molar-refractivity contribution in [2.75, 3.05) is 11.9 Å². The molecule has 2 atom stereocenters. The Labute approximate surface area is 131 Å². The number of aryl methyl sites for hydroxylation is 3. The fourth-order valence-electron chi connectivity index (χ4n) is 3.18. The maximum Gasteiger partial charge on any atom is 0.322 e. The minimum absolute atomic E-state index is 0.113. The van der Waals surface area contributed by atoms with Crippen molar-refractivity contribution in [3.05, 3.63) is 28.8 Å². The van der Waals surface area contributed by atoms with Gasteiger partial charge in [0.1, 0.15) is 0 Å². The topological polar surface area (TPSA) is 75.4 Å². The molecule has 0 aliphatic carbocycles. The fourth-order valence-corrected chi connectivity index (χ4v) is 3.18. The monoisotopic (exact) mass is 303 g/mol. The lowest BCUT2D eigenvalue weighted by molar-refractivity contribution is -0.123. The highest BCUT2D eigenvalue weighted by Gasteiger charge is 2.31. The summed E-state index contributed by atoms with van der Waals surface area (Å²) in [6.07, 6.45) is 1.55. The number of likely N-dealkylation sites (tertiary alicyclic amines) is 1. The number of urea groups is 1. The molecule has 5 nitrogen and oxygen atoms in total. The number of nitrogens with two attached hydrogens (primary N) is 1. The minimum Gasteiger partial charge on any atom is -0.369 e. The van der Waals surface area contributed by atoms with Crippen LogP contribution in [-0.4, -0.2) is 29.4 Å². The van der Waals surface area contributed by atoms with Crippen LogP contribution in [0.2, 0.25) is 0 Å². The molecule has 0 unspecified atom stereocenters. The first kappa shape index (κ1) is 16.3. The van der Waals surface area contributed by atoms with E-state index in [1.807, 2.05) is 27.7 Å². The van der Waals surface area contributed by atoms with Crippen LogP contribution in [0.3, 0.4) is 0 Å². The summed E-state index contributed by atoms with van der Waals surface area (Å²) in [5.41, 5.74) is 9.51. The van der Waals surface area contributed by atoms with Crippen LogP contribution < -0.4 is 11.1 Å². The number of hydrogen-bond acceptors (Lipinski definition) is 2. The third-order valence-corrected chi connectivity index (χ3v) is 4.45. The number of nitrogens with one attached hydrogen (secondary N) is 1. The fraction of sp³-hybridized carbons (Fsp3) is 0.529. The quantitative estimate of drug-likeness (QED) is 0.881. The second-order valence-corrected chi connectivity index (χ2v) is 6.38. The Morgan fingerprint density at radius 2 is 1.77 bits per heavy atom. The lowest BCUT2D eigenvalue weighted by Crippen LogP contribution is -2.50. The maximum absolute atomic E-state index is 12.6. The number of carbonyl (C=O) groups is 2. The lowest BCUT2D eigenvalue weighted by atomic mass is 9.93. The normalized spacial score (nSPS) is 21.5. The highest BCUT2D eigenvalue weighted by molar-refractivity contribution is 5.92. The number of nitrogens with zero attached hydrogens (tertiary/aromatic N) is 1. The van der Waals surface area contributed by atoms with E-state index in [1.54, 1.807) is 4.90 Å². The Kier molecular flexibility index (Phi) is 4.74. The molecule has 1 aliphatic rings. The molecule has 0 radical (unpaired) electrons. The molecule has 0 bridgehead atoms. The molecule has 3 amide bonds. The molecular formula is C17H25N3O2. The van der Waals surface area contributed by atoms with Gasteiger partial charge in [-0.25, -0.2) is 4.79 Å². The van der Waals surface area contributed by atoms with Crippen molar-refractivity contribution >= 4 is 17.6 Å². The van der Waals surface area contributed by atoms with Crippen LogP contribution in [0, 0.1) is 26.7 Å². The molecule has 0 aromatic heterocycles. The van der Waals surface area contributed by atoms with Crippen molar-refractivity contribution in [3.8, 4) is 0 Å². The molecule has 1 heterocycles. The maximum atomic E-state index is 12.6. The van der Waals surface area contributed by atoms with Gasteiger partial charge in [-0.3, -0.25) is 4.79 Å². The first-order valence-electron chi connectivity index (χ1n) is 7.74. The van der Waals surface area contributed by atoms with Crippen molar-refractivity contribution < 1.29 is 9.59 Å². The number of amides is 3. The molecular weight excluding hydrogens is 278 g/mol. The minimum atomic E-state index is -0.326. The van der Waals surface area contributed by atoms with Gasteiger partial charge in [0.05, 0.1) is 5.92 Å². The number of primary amides is 1. The van der Waals surface area contributed by atoms with E-state index in [4.69, 9.17) is 5.73 Å². The number of carbonyl (C=O) groups excluding carboxylic acids is 2. The van der Waals surface area contributed by atoms with Crippen molar-refractivity contribution in [1.82, 2.24) is 4.90 Å². The summed E-state index contributed by atoms with van der Waals surface area (Å²) in [6.45, 7) is 8.41. The van der Waals surface area contributed by atoms with Crippen LogP contribution in [0.25, 0.3) is 0 Å². The van der Waals surface area contributed by atoms with Gasteiger partial charge in [0.15, 0.2) is 0 Å². The van der Waals surface area contributed by atoms with E-state index >= 15 is 0 Å². The van der Waals surface area contributed by atoms with Gasteiger partial charge >= 0.3 is 6.03 Å². The summed E-state index contributed by atoms with van der Waals surface area (Å²) < 4.78 is 0. The molecule has 22 heavy (non-hydrogen) atoms. The predicted molar refractivity (Wildman–Crippen MR) is 87.8 cm³/mol. The highest BCUT2D eigenvalue weighted by atomic mass is 16.2. The Hall–Kier alpha value is -2.04. The molecule has 120 valence electrons. The Bertz CT molecular complexity index is 575. The van der Waals surface area contributed by atoms with E-state index in [0.717, 1.165) is 29.7 Å². The second-order valence-electron chi connectivity index (χ2n) is 6.38. The summed E-state index contributed by atoms with van der Waals surface area (Å²) in [7, 11) is 0. The molecule has 5 heteroatoms. The van der Waals surface area contributed by atoms with Gasteiger partial charge in [-0.2, -0.15) is 0 Å². The molecule has 3 N–H and O–H groups in total. The van der Waals surface area contributed by atoms with Gasteiger partial charge in [0, 0.05) is 18.3 Å². The smallest absolute Gasteiger partial charge is 0.322 e. The molecule has 1 saturated heterocycles. The van der Waals surface area contributed by atoms with Gasteiger partial charge in [-0.15, -0.1) is 0 Å². The van der Waals surface area contributed by atoms with Crippen LogP contribution in [0.15, 0.2) is 12.1 Å². The predicted octanol–water partition coefficient (Wildman–Crippen LogP) is 2.73. The summed E-state index contributed by atoms with van der Waals surface area (Å²) in [5.74, 6) is -0.574. The van der Waals surface area contributed by atoms with Crippen LogP contribution in [-0.2, 0) is 4.79 Å². The van der Waals surface area contributed by atoms with Gasteiger partial charge in [0.25, 0.3) is 0 Å². The number of anilines is 1. The van der Waals surface area contributed by atoms with Crippen LogP contribution in [0.1, 0.15) is 36.5 Å². The largest absolute Gasteiger partial charge is 0.369 e. The van der Waals surface area contributed by atoms with E-state index in [0.29, 0.717) is 6.54 Å². The summed E-state index contributed by atoms with van der Waals surface area (Å²) in [4.78, 5) is 25.7. The van der Waals surface area contributed by atoms with Gasteiger partial charge in [-0.05, 0) is 51.7 Å². The number of piperidine rings is 1. The SMILES string of the molecule is Cc1cc(C)c(NC(=O)N2C[C@@H](C(N)=O)CC[C@@H]2C)c(C)c1.